The number of nitrogens with zero attached hydrogens (tertiary/aromatic N) is 3. The van der Waals surface area contributed by atoms with Crippen molar-refractivity contribution in [3.05, 3.63) is 47.5 Å². The number of amidine groups is 1. The summed E-state index contributed by atoms with van der Waals surface area (Å²) < 4.78 is 45.2. The molecule has 1 saturated carbocycles. The van der Waals surface area contributed by atoms with Gasteiger partial charge in [0.15, 0.2) is 6.61 Å². The first-order valence-corrected chi connectivity index (χ1v) is 12.0. The van der Waals surface area contributed by atoms with E-state index in [0.717, 1.165) is 54.5 Å². The van der Waals surface area contributed by atoms with Crippen LogP contribution < -0.4 is 0 Å². The van der Waals surface area contributed by atoms with Gasteiger partial charge in [-0.1, -0.05) is 38.8 Å². The molecule has 1 fully saturated rings. The van der Waals surface area contributed by atoms with Crippen LogP contribution in [0, 0.1) is 12.8 Å². The number of alkyl halides is 3. The largest absolute Gasteiger partial charge is 0.482 e. The number of aliphatic imine (C=N–C) groups is 1. The number of aryl methyl sites for hydroxylation is 1. The van der Waals surface area contributed by atoms with E-state index in [4.69, 9.17) is 9.73 Å². The molecule has 1 aliphatic rings. The molecule has 8 heteroatoms. The molecule has 0 amide bonds. The molecule has 5 nitrogen and oxygen atoms in total. The van der Waals surface area contributed by atoms with E-state index in [9.17, 15) is 13.2 Å². The molecule has 1 heterocycles. The molecule has 1 aromatic heterocycles. The Morgan fingerprint density at radius 3 is 2.56 bits per heavy atom. The van der Waals surface area contributed by atoms with E-state index in [-0.39, 0.29) is 11.7 Å². The summed E-state index contributed by atoms with van der Waals surface area (Å²) in [6.45, 7) is 9.40. The SMILES string of the molecule is C=C(/C(OCC(F)(F)F)=C(CC)/N=C(/C1CCCCC1)N(C)CC)c1c(C)ccc2[nH]ncc12. The fourth-order valence-electron chi connectivity index (χ4n) is 4.58. The summed E-state index contributed by atoms with van der Waals surface area (Å²) in [7, 11) is 1.99. The number of ether oxygens (including phenoxy) is 1. The average molecular weight is 477 g/mol. The van der Waals surface area contributed by atoms with E-state index < -0.39 is 12.8 Å². The third-order valence-corrected chi connectivity index (χ3v) is 6.47. The number of aromatic nitrogens is 2. The number of benzene rings is 1. The molecule has 3 rings (SSSR count). The van der Waals surface area contributed by atoms with Crippen LogP contribution in [0.2, 0.25) is 0 Å². The number of aromatic amines is 1. The van der Waals surface area contributed by atoms with Crippen molar-refractivity contribution in [2.45, 2.75) is 65.5 Å². The van der Waals surface area contributed by atoms with E-state index in [2.05, 4.69) is 28.6 Å². The Kier molecular flexibility index (Phi) is 8.44. The highest BCUT2D eigenvalue weighted by Gasteiger charge is 2.31. The zero-order valence-corrected chi connectivity index (χ0v) is 20.6. The number of nitrogens with one attached hydrogen (secondary N) is 1. The van der Waals surface area contributed by atoms with Crippen LogP contribution in [0.15, 0.2) is 41.4 Å². The monoisotopic (exact) mass is 476 g/mol. The van der Waals surface area contributed by atoms with Crippen molar-refractivity contribution >= 4 is 22.3 Å². The standard InChI is InChI=1S/C26H35F3N4O/c1-6-21(31-25(33(5)7-2)19-11-9-8-10-12-19)24(34-16-26(27,28)29)18(4)23-17(3)13-14-22-20(23)15-30-32-22/h13-15,19H,4,6-12,16H2,1-3,5H3,(H,30,32)/b24-21-,31-25-. The Hall–Kier alpha value is -2.77. The van der Waals surface area contributed by atoms with Gasteiger partial charge in [-0.15, -0.1) is 0 Å². The Morgan fingerprint density at radius 2 is 1.94 bits per heavy atom. The second-order valence-electron chi connectivity index (χ2n) is 8.92. The summed E-state index contributed by atoms with van der Waals surface area (Å²) >= 11 is 0. The second kappa shape index (κ2) is 11.1. The number of allylic oxidation sites excluding steroid dienone is 2. The van der Waals surface area contributed by atoms with Crippen LogP contribution in [0.3, 0.4) is 0 Å². The minimum Gasteiger partial charge on any atom is -0.482 e. The molecule has 0 spiro atoms. The first kappa shape index (κ1) is 25.8. The number of fused-ring (bicyclic) bond motifs is 1. The Bertz CT molecular complexity index is 1060. The lowest BCUT2D eigenvalue weighted by Gasteiger charge is -2.30. The van der Waals surface area contributed by atoms with Gasteiger partial charge in [0.2, 0.25) is 0 Å². The maximum absolute atomic E-state index is 13.2. The van der Waals surface area contributed by atoms with E-state index >= 15 is 0 Å². The van der Waals surface area contributed by atoms with Crippen molar-refractivity contribution in [3.8, 4) is 0 Å². The van der Waals surface area contributed by atoms with Crippen molar-refractivity contribution < 1.29 is 17.9 Å². The van der Waals surface area contributed by atoms with Crippen molar-refractivity contribution in [1.29, 1.82) is 0 Å². The van der Waals surface area contributed by atoms with Gasteiger partial charge < -0.3 is 9.64 Å². The van der Waals surface area contributed by atoms with Crippen molar-refractivity contribution in [2.75, 3.05) is 20.2 Å². The summed E-state index contributed by atoms with van der Waals surface area (Å²) in [4.78, 5) is 7.07. The fourth-order valence-corrected chi connectivity index (χ4v) is 4.58. The first-order valence-electron chi connectivity index (χ1n) is 12.0. The third-order valence-electron chi connectivity index (χ3n) is 6.47. The van der Waals surface area contributed by atoms with Crippen LogP contribution >= 0.6 is 0 Å². The van der Waals surface area contributed by atoms with E-state index in [1.165, 1.54) is 6.42 Å². The number of hydrogen-bond acceptors (Lipinski definition) is 3. The van der Waals surface area contributed by atoms with Crippen LogP contribution in [0.5, 0.6) is 0 Å². The summed E-state index contributed by atoms with van der Waals surface area (Å²) in [6, 6.07) is 3.79. The van der Waals surface area contributed by atoms with Gasteiger partial charge >= 0.3 is 6.18 Å². The number of rotatable bonds is 8. The normalized spacial score (nSPS) is 16.5. The third kappa shape index (κ3) is 6.02. The Morgan fingerprint density at radius 1 is 1.24 bits per heavy atom. The smallest absolute Gasteiger partial charge is 0.422 e. The lowest BCUT2D eigenvalue weighted by atomic mass is 9.87. The summed E-state index contributed by atoms with van der Waals surface area (Å²) in [5.41, 5.74) is 3.25. The zero-order chi connectivity index (χ0) is 24.9. The molecular formula is C26H35F3N4O. The molecule has 34 heavy (non-hydrogen) atoms. The molecular weight excluding hydrogens is 441 g/mol. The molecule has 0 atom stereocenters. The zero-order valence-electron chi connectivity index (χ0n) is 20.6. The molecule has 0 unspecified atom stereocenters. The lowest BCUT2D eigenvalue weighted by Crippen LogP contribution is -2.34. The van der Waals surface area contributed by atoms with Crippen LogP contribution in [-0.2, 0) is 4.74 Å². The highest BCUT2D eigenvalue weighted by Crippen LogP contribution is 2.35. The van der Waals surface area contributed by atoms with Crippen LogP contribution in [0.1, 0.15) is 63.5 Å². The molecule has 1 aromatic carbocycles. The van der Waals surface area contributed by atoms with Crippen LogP contribution in [0.4, 0.5) is 13.2 Å². The van der Waals surface area contributed by atoms with Crippen molar-refractivity contribution in [1.82, 2.24) is 15.1 Å². The molecule has 0 aliphatic heterocycles. The second-order valence-corrected chi connectivity index (χ2v) is 8.92. The minimum atomic E-state index is -4.48. The predicted octanol–water partition coefficient (Wildman–Crippen LogP) is 7.02. The molecule has 186 valence electrons. The molecule has 2 aromatic rings. The van der Waals surface area contributed by atoms with Gasteiger partial charge in [-0.25, -0.2) is 4.99 Å². The van der Waals surface area contributed by atoms with Gasteiger partial charge in [0, 0.05) is 30.5 Å². The lowest BCUT2D eigenvalue weighted by molar-refractivity contribution is -0.163. The Labute approximate surface area is 199 Å². The predicted molar refractivity (Wildman–Crippen MR) is 132 cm³/mol. The van der Waals surface area contributed by atoms with Crippen molar-refractivity contribution in [3.63, 3.8) is 0 Å². The van der Waals surface area contributed by atoms with Gasteiger partial charge in [-0.05, 0) is 50.3 Å². The minimum absolute atomic E-state index is 0.0921. The first-order chi connectivity index (χ1) is 16.2. The molecule has 1 aliphatic carbocycles. The van der Waals surface area contributed by atoms with Gasteiger partial charge in [-0.3, -0.25) is 5.10 Å². The Balaban J connectivity index is 2.16. The maximum atomic E-state index is 13.2. The number of H-pyrrole nitrogens is 1. The van der Waals surface area contributed by atoms with E-state index in [1.807, 2.05) is 33.0 Å². The highest BCUT2D eigenvalue weighted by atomic mass is 19.4. The topological polar surface area (TPSA) is 53.5 Å². The maximum Gasteiger partial charge on any atom is 0.422 e. The summed E-state index contributed by atoms with van der Waals surface area (Å²) in [5, 5.41) is 7.81. The van der Waals surface area contributed by atoms with Crippen LogP contribution in [-0.4, -0.2) is 47.3 Å². The van der Waals surface area contributed by atoms with Crippen molar-refractivity contribution in [2.24, 2.45) is 10.9 Å². The van der Waals surface area contributed by atoms with E-state index in [0.29, 0.717) is 23.3 Å². The summed E-state index contributed by atoms with van der Waals surface area (Å²) in [5.74, 6) is 1.30. The molecule has 1 N–H and O–H groups in total. The number of hydrogen-bond donors (Lipinski definition) is 1. The fraction of sp³-hybridized carbons (Fsp3) is 0.538. The average Bonchev–Trinajstić information content (AvgIpc) is 3.29. The summed E-state index contributed by atoms with van der Waals surface area (Å²) in [6.07, 6.45) is 3.16. The quantitative estimate of drug-likeness (QED) is 0.193. The van der Waals surface area contributed by atoms with Gasteiger partial charge in [0.05, 0.1) is 17.4 Å². The van der Waals surface area contributed by atoms with E-state index in [1.54, 1.807) is 6.20 Å². The molecule has 0 radical (unpaired) electrons. The van der Waals surface area contributed by atoms with Gasteiger partial charge in [0.25, 0.3) is 0 Å². The van der Waals surface area contributed by atoms with Crippen LogP contribution in [0.25, 0.3) is 16.5 Å². The molecule has 0 saturated heterocycles. The highest BCUT2D eigenvalue weighted by molar-refractivity contribution is 5.96. The van der Waals surface area contributed by atoms with Gasteiger partial charge in [0.1, 0.15) is 11.6 Å². The number of halogens is 3. The van der Waals surface area contributed by atoms with Gasteiger partial charge in [-0.2, -0.15) is 18.3 Å². The molecule has 0 bridgehead atoms.